The number of aliphatic imine (C=N–C) groups is 1. The molecule has 156 valence electrons. The van der Waals surface area contributed by atoms with Crippen LogP contribution in [0.25, 0.3) is 22.0 Å². The van der Waals surface area contributed by atoms with Gasteiger partial charge in [0.1, 0.15) is 0 Å². The molecule has 4 rings (SSSR count). The van der Waals surface area contributed by atoms with E-state index in [1.807, 2.05) is 54.6 Å². The molecule has 0 atom stereocenters. The lowest BCUT2D eigenvalue weighted by Gasteiger charge is -2.13. The van der Waals surface area contributed by atoms with Crippen molar-refractivity contribution < 1.29 is 5.11 Å². The fourth-order valence-electron chi connectivity index (χ4n) is 3.45. The Balaban J connectivity index is 1.63. The third-order valence-corrected chi connectivity index (χ3v) is 5.27. The number of pyridine rings is 1. The van der Waals surface area contributed by atoms with Gasteiger partial charge in [0.25, 0.3) is 0 Å². The Morgan fingerprint density at radius 1 is 1.03 bits per heavy atom. The van der Waals surface area contributed by atoms with Gasteiger partial charge in [0.2, 0.25) is 0 Å². The van der Waals surface area contributed by atoms with E-state index in [2.05, 4.69) is 22.2 Å². The number of nitrogens with one attached hydrogen (secondary N) is 1. The van der Waals surface area contributed by atoms with Crippen molar-refractivity contribution in [2.45, 2.75) is 19.8 Å². The van der Waals surface area contributed by atoms with Crippen molar-refractivity contribution in [1.82, 2.24) is 4.98 Å². The van der Waals surface area contributed by atoms with E-state index in [9.17, 15) is 5.11 Å². The predicted octanol–water partition coefficient (Wildman–Crippen LogP) is 6.21. The Kier molecular flexibility index (Phi) is 6.48. The van der Waals surface area contributed by atoms with Gasteiger partial charge in [-0.05, 0) is 59.7 Å². The van der Waals surface area contributed by atoms with Crippen molar-refractivity contribution in [3.05, 3.63) is 89.6 Å². The number of hydrogen-bond donors (Lipinski definition) is 1. The minimum absolute atomic E-state index is 0.306. The van der Waals surface area contributed by atoms with E-state index in [-0.39, 0.29) is 5.90 Å². The average Bonchev–Trinajstić information content (AvgIpc) is 2.79. The zero-order chi connectivity index (χ0) is 21.6. The second kappa shape index (κ2) is 9.63. The number of rotatable bonds is 7. The van der Waals surface area contributed by atoms with Gasteiger partial charge in [-0.1, -0.05) is 61.3 Å². The van der Waals surface area contributed by atoms with E-state index in [1.165, 1.54) is 0 Å². The molecule has 0 aliphatic rings. The first-order valence-electron chi connectivity index (χ1n) is 10.4. The molecule has 0 spiro atoms. The molecule has 1 heterocycles. The number of unbranched alkanes of at least 4 members (excludes halogenated alkanes) is 1. The van der Waals surface area contributed by atoms with Crippen LogP contribution < -0.4 is 10.4 Å². The second-order valence-corrected chi connectivity index (χ2v) is 7.79. The standard InChI is InChI=1S/C26H24ClN3O/c1-2-3-13-28-22-10-8-19(9-11-22)26(31)30-23-16-20(15-21(27)17-23)25-24-7-5-4-6-18(24)12-14-29-25/h4-12,14-17,28H,2-3,13H2,1H3,(H,30,31)/p-1. The van der Waals surface area contributed by atoms with E-state index >= 15 is 0 Å². The molecule has 4 nitrogen and oxygen atoms in total. The monoisotopic (exact) mass is 428 g/mol. The Labute approximate surface area is 187 Å². The number of fused-ring (bicyclic) bond motifs is 1. The van der Waals surface area contributed by atoms with Gasteiger partial charge >= 0.3 is 0 Å². The average molecular weight is 429 g/mol. The number of aromatic nitrogens is 1. The van der Waals surface area contributed by atoms with Crippen molar-refractivity contribution in [2.75, 3.05) is 11.9 Å². The summed E-state index contributed by atoms with van der Waals surface area (Å²) in [5, 5.41) is 18.7. The molecule has 4 aromatic rings. The quantitative estimate of drug-likeness (QED) is 0.216. The summed E-state index contributed by atoms with van der Waals surface area (Å²) < 4.78 is 0. The van der Waals surface area contributed by atoms with Gasteiger partial charge in [-0.25, -0.2) is 0 Å². The van der Waals surface area contributed by atoms with Crippen LogP contribution in [0.2, 0.25) is 5.02 Å². The third-order valence-electron chi connectivity index (χ3n) is 5.05. The van der Waals surface area contributed by atoms with Gasteiger partial charge in [-0.15, -0.1) is 0 Å². The summed E-state index contributed by atoms with van der Waals surface area (Å²) in [6.07, 6.45) is 4.02. The summed E-state index contributed by atoms with van der Waals surface area (Å²) in [5.41, 5.74) is 3.67. The Hall–Kier alpha value is -3.37. The minimum Gasteiger partial charge on any atom is -0.858 e. The molecule has 0 aliphatic heterocycles. The second-order valence-electron chi connectivity index (χ2n) is 7.35. The molecule has 3 aromatic carbocycles. The fraction of sp³-hybridized carbons (Fsp3) is 0.154. The van der Waals surface area contributed by atoms with Gasteiger partial charge in [-0.3, -0.25) is 9.98 Å². The first-order chi connectivity index (χ1) is 15.1. The van der Waals surface area contributed by atoms with Crippen LogP contribution in [-0.4, -0.2) is 17.4 Å². The number of anilines is 1. The summed E-state index contributed by atoms with van der Waals surface area (Å²) in [5.74, 6) is -0.306. The van der Waals surface area contributed by atoms with Gasteiger partial charge in [-0.2, -0.15) is 0 Å². The normalized spacial score (nSPS) is 11.6. The Bertz CT molecular complexity index is 1210. The van der Waals surface area contributed by atoms with E-state index in [0.29, 0.717) is 16.3 Å². The molecular formula is C26H23ClN3O-. The zero-order valence-corrected chi connectivity index (χ0v) is 18.1. The van der Waals surface area contributed by atoms with Gasteiger partial charge in [0, 0.05) is 34.4 Å². The molecule has 1 aromatic heterocycles. The van der Waals surface area contributed by atoms with Crippen molar-refractivity contribution in [3.8, 4) is 11.3 Å². The lowest BCUT2D eigenvalue weighted by molar-refractivity contribution is -0.212. The maximum Gasteiger partial charge on any atom is 0.0781 e. The van der Waals surface area contributed by atoms with Crippen LogP contribution >= 0.6 is 11.6 Å². The molecule has 0 fully saturated rings. The number of benzene rings is 3. The van der Waals surface area contributed by atoms with Crippen molar-refractivity contribution in [3.63, 3.8) is 0 Å². The van der Waals surface area contributed by atoms with Crippen molar-refractivity contribution in [2.24, 2.45) is 4.99 Å². The topological polar surface area (TPSA) is 60.3 Å². The first-order valence-corrected chi connectivity index (χ1v) is 10.8. The number of nitrogens with zero attached hydrogens (tertiary/aromatic N) is 2. The zero-order valence-electron chi connectivity index (χ0n) is 17.3. The molecule has 0 radical (unpaired) electrons. The maximum absolute atomic E-state index is 12.7. The predicted molar refractivity (Wildman–Crippen MR) is 128 cm³/mol. The van der Waals surface area contributed by atoms with Crippen LogP contribution in [0.15, 0.2) is 84.0 Å². The summed E-state index contributed by atoms with van der Waals surface area (Å²) in [6.45, 7) is 3.07. The van der Waals surface area contributed by atoms with Crippen LogP contribution in [0, 0.1) is 0 Å². The highest BCUT2D eigenvalue weighted by atomic mass is 35.5. The molecular weight excluding hydrogens is 406 g/mol. The fourth-order valence-corrected chi connectivity index (χ4v) is 3.68. The summed E-state index contributed by atoms with van der Waals surface area (Å²) >= 11 is 6.35. The van der Waals surface area contributed by atoms with E-state index in [1.54, 1.807) is 24.4 Å². The molecule has 0 saturated carbocycles. The molecule has 0 bridgehead atoms. The lowest BCUT2D eigenvalue weighted by Crippen LogP contribution is -2.18. The lowest BCUT2D eigenvalue weighted by atomic mass is 10.0. The van der Waals surface area contributed by atoms with Crippen molar-refractivity contribution >= 4 is 39.6 Å². The van der Waals surface area contributed by atoms with Crippen LogP contribution in [0.1, 0.15) is 25.3 Å². The first kappa shape index (κ1) is 20.9. The maximum atomic E-state index is 12.7. The molecule has 0 aliphatic carbocycles. The van der Waals surface area contributed by atoms with Gasteiger partial charge in [0.15, 0.2) is 0 Å². The minimum atomic E-state index is -0.306. The largest absolute Gasteiger partial charge is 0.858 e. The molecule has 0 unspecified atom stereocenters. The highest BCUT2D eigenvalue weighted by Gasteiger charge is 2.08. The van der Waals surface area contributed by atoms with Gasteiger partial charge < -0.3 is 10.4 Å². The highest BCUT2D eigenvalue weighted by molar-refractivity contribution is 6.31. The smallest absolute Gasteiger partial charge is 0.0781 e. The van der Waals surface area contributed by atoms with Crippen LogP contribution in [-0.2, 0) is 0 Å². The summed E-state index contributed by atoms with van der Waals surface area (Å²) in [7, 11) is 0. The third kappa shape index (κ3) is 5.04. The SMILES string of the molecule is CCCCNc1ccc(C([O-])=Nc2cc(Cl)cc(-c3nccc4ccccc34)c2)cc1. The number of hydrogen-bond acceptors (Lipinski definition) is 4. The summed E-state index contributed by atoms with van der Waals surface area (Å²) in [4.78, 5) is 8.83. The van der Waals surface area contributed by atoms with E-state index in [0.717, 1.165) is 47.1 Å². The van der Waals surface area contributed by atoms with Gasteiger partial charge in [0.05, 0.1) is 11.4 Å². The highest BCUT2D eigenvalue weighted by Crippen LogP contribution is 2.32. The van der Waals surface area contributed by atoms with Crippen LogP contribution in [0.3, 0.4) is 0 Å². The molecule has 5 heteroatoms. The van der Waals surface area contributed by atoms with E-state index in [4.69, 9.17) is 11.6 Å². The molecule has 31 heavy (non-hydrogen) atoms. The van der Waals surface area contributed by atoms with Crippen molar-refractivity contribution in [1.29, 1.82) is 0 Å². The van der Waals surface area contributed by atoms with Crippen LogP contribution in [0.4, 0.5) is 11.4 Å². The summed E-state index contributed by atoms with van der Waals surface area (Å²) in [6, 6.07) is 22.8. The number of halogens is 1. The molecule has 0 saturated heterocycles. The Morgan fingerprint density at radius 3 is 2.65 bits per heavy atom. The Morgan fingerprint density at radius 2 is 1.84 bits per heavy atom. The van der Waals surface area contributed by atoms with Crippen LogP contribution in [0.5, 0.6) is 0 Å². The van der Waals surface area contributed by atoms with E-state index < -0.39 is 0 Å². The molecule has 0 amide bonds. The molecule has 1 N–H and O–H groups in total.